The first-order chi connectivity index (χ1) is 16.9. The Hall–Kier alpha value is -4.18. The van der Waals surface area contributed by atoms with E-state index in [1.54, 1.807) is 12.1 Å². The molecule has 0 atom stereocenters. The Kier molecular flexibility index (Phi) is 5.73. The number of rotatable bonds is 6. The lowest BCUT2D eigenvalue weighted by Gasteiger charge is -2.13. The number of aromatic nitrogens is 3. The molecule has 3 aromatic carbocycles. The van der Waals surface area contributed by atoms with Crippen molar-refractivity contribution in [1.82, 2.24) is 14.8 Å². The van der Waals surface area contributed by atoms with E-state index in [0.717, 1.165) is 21.4 Å². The lowest BCUT2D eigenvalue weighted by atomic mass is 10.1. The first-order valence-electron chi connectivity index (χ1n) is 10.3. The number of nitrogen functional groups attached to an aromatic ring is 1. The summed E-state index contributed by atoms with van der Waals surface area (Å²) in [5, 5.41) is 5.14. The zero-order valence-corrected chi connectivity index (χ0v) is 19.8. The maximum atomic E-state index is 14.0. The lowest BCUT2D eigenvalue weighted by Crippen LogP contribution is -2.08. The number of ether oxygens (including phenoxy) is 2. The van der Waals surface area contributed by atoms with Crippen LogP contribution in [0.3, 0.4) is 0 Å². The molecule has 0 aliphatic carbocycles. The van der Waals surface area contributed by atoms with E-state index in [1.807, 2.05) is 18.2 Å². The van der Waals surface area contributed by atoms with Gasteiger partial charge in [-0.05, 0) is 48.5 Å². The van der Waals surface area contributed by atoms with Crippen LogP contribution in [-0.2, 0) is 0 Å². The predicted octanol–water partition coefficient (Wildman–Crippen LogP) is 6.01. The molecule has 2 heterocycles. The number of H-pyrrole nitrogens is 1. The van der Waals surface area contributed by atoms with Crippen LogP contribution in [0.4, 0.5) is 14.6 Å². The van der Waals surface area contributed by atoms with E-state index >= 15 is 0 Å². The fourth-order valence-electron chi connectivity index (χ4n) is 3.68. The normalized spacial score (nSPS) is 11.1. The Bertz CT molecular complexity index is 1600. The van der Waals surface area contributed by atoms with E-state index in [2.05, 4.69) is 26.0 Å². The summed E-state index contributed by atoms with van der Waals surface area (Å²) in [4.78, 5) is 16.2. The number of benzene rings is 3. The number of carbonyl (C=O) groups excluding carboxylic acids is 1. The van der Waals surface area contributed by atoms with E-state index in [1.165, 1.54) is 42.3 Å². The molecule has 0 unspecified atom stereocenters. The number of halogens is 3. The van der Waals surface area contributed by atoms with Gasteiger partial charge in [-0.25, -0.2) is 9.07 Å². The average Bonchev–Trinajstić information content (AvgIpc) is 3.44. The average molecular weight is 539 g/mol. The van der Waals surface area contributed by atoms with E-state index in [9.17, 15) is 13.6 Å². The first kappa shape index (κ1) is 22.6. The van der Waals surface area contributed by atoms with Gasteiger partial charge in [0.15, 0.2) is 11.6 Å². The van der Waals surface area contributed by atoms with Crippen LogP contribution in [0.2, 0.25) is 0 Å². The van der Waals surface area contributed by atoms with Crippen molar-refractivity contribution in [2.24, 2.45) is 0 Å². The number of nitrogens with two attached hydrogens (primary N) is 1. The summed E-state index contributed by atoms with van der Waals surface area (Å²) in [6.45, 7) is 0. The number of aromatic amines is 1. The van der Waals surface area contributed by atoms with Gasteiger partial charge < -0.3 is 20.2 Å². The topological polar surface area (TPSA) is 95.2 Å². The largest absolute Gasteiger partial charge is 0.494 e. The third-order valence-corrected chi connectivity index (χ3v) is 5.90. The molecule has 0 aliphatic rings. The molecule has 0 bridgehead atoms. The van der Waals surface area contributed by atoms with Crippen LogP contribution < -0.4 is 15.2 Å². The molecule has 0 spiro atoms. The SMILES string of the molecule is COc1cc(Oc2cccc(F)c2F)ccc1-n1ncc(C(=O)c2cc3cc(Br)ccc3[nH]2)c1N. The van der Waals surface area contributed by atoms with Crippen molar-refractivity contribution in [2.75, 3.05) is 12.8 Å². The van der Waals surface area contributed by atoms with Crippen molar-refractivity contribution in [2.45, 2.75) is 0 Å². The Morgan fingerprint density at radius 1 is 1.09 bits per heavy atom. The van der Waals surface area contributed by atoms with Crippen LogP contribution in [-0.4, -0.2) is 27.7 Å². The minimum absolute atomic E-state index is 0.109. The molecule has 10 heteroatoms. The number of anilines is 1. The second-order valence-corrected chi connectivity index (χ2v) is 8.50. The van der Waals surface area contributed by atoms with Crippen LogP contribution in [0.1, 0.15) is 16.1 Å². The maximum Gasteiger partial charge on any atom is 0.214 e. The number of hydrogen-bond acceptors (Lipinski definition) is 5. The zero-order valence-electron chi connectivity index (χ0n) is 18.2. The van der Waals surface area contributed by atoms with E-state index in [-0.39, 0.29) is 28.7 Å². The molecule has 0 saturated heterocycles. The number of ketones is 1. The first-order valence-corrected chi connectivity index (χ1v) is 11.1. The highest BCUT2D eigenvalue weighted by atomic mass is 79.9. The summed E-state index contributed by atoms with van der Waals surface area (Å²) >= 11 is 3.42. The molecule has 2 aromatic heterocycles. The molecular weight excluding hydrogens is 522 g/mol. The lowest BCUT2D eigenvalue weighted by molar-refractivity contribution is 0.103. The summed E-state index contributed by atoms with van der Waals surface area (Å²) in [7, 11) is 1.43. The minimum atomic E-state index is -1.10. The highest BCUT2D eigenvalue weighted by Crippen LogP contribution is 2.34. The van der Waals surface area contributed by atoms with Gasteiger partial charge in [0.2, 0.25) is 11.6 Å². The smallest absolute Gasteiger partial charge is 0.214 e. The zero-order chi connectivity index (χ0) is 24.7. The molecule has 5 aromatic rings. The Balaban J connectivity index is 1.47. The summed E-state index contributed by atoms with van der Waals surface area (Å²) in [6.07, 6.45) is 1.38. The summed E-state index contributed by atoms with van der Waals surface area (Å²) < 4.78 is 40.6. The van der Waals surface area contributed by atoms with Gasteiger partial charge in [0, 0.05) is 21.4 Å². The quantitative estimate of drug-likeness (QED) is 0.258. The number of nitrogens with zero attached hydrogens (tertiary/aromatic N) is 2. The van der Waals surface area contributed by atoms with E-state index in [4.69, 9.17) is 15.2 Å². The fraction of sp³-hybridized carbons (Fsp3) is 0.0400. The van der Waals surface area contributed by atoms with Crippen molar-refractivity contribution in [3.8, 4) is 22.9 Å². The van der Waals surface area contributed by atoms with Crippen molar-refractivity contribution >= 4 is 38.4 Å². The van der Waals surface area contributed by atoms with Crippen LogP contribution in [0.25, 0.3) is 16.6 Å². The van der Waals surface area contributed by atoms with Crippen LogP contribution in [0, 0.1) is 11.6 Å². The van der Waals surface area contributed by atoms with Gasteiger partial charge in [-0.1, -0.05) is 22.0 Å². The summed E-state index contributed by atoms with van der Waals surface area (Å²) in [6, 6.07) is 15.6. The van der Waals surface area contributed by atoms with Crippen LogP contribution in [0.15, 0.2) is 71.3 Å². The summed E-state index contributed by atoms with van der Waals surface area (Å²) in [5.41, 5.74) is 8.12. The molecule has 0 amide bonds. The van der Waals surface area contributed by atoms with E-state index < -0.39 is 11.6 Å². The monoisotopic (exact) mass is 538 g/mol. The molecule has 0 radical (unpaired) electrons. The Morgan fingerprint density at radius 2 is 1.91 bits per heavy atom. The van der Waals surface area contributed by atoms with Gasteiger partial charge >= 0.3 is 0 Å². The van der Waals surface area contributed by atoms with Gasteiger partial charge in [0.1, 0.15) is 23.0 Å². The van der Waals surface area contributed by atoms with Crippen molar-refractivity contribution in [3.05, 3.63) is 94.2 Å². The number of fused-ring (bicyclic) bond motifs is 1. The molecule has 5 rings (SSSR count). The molecule has 176 valence electrons. The van der Waals surface area contributed by atoms with Gasteiger partial charge in [0.25, 0.3) is 0 Å². The molecule has 3 N–H and O–H groups in total. The number of carbonyl (C=O) groups is 1. The molecule has 35 heavy (non-hydrogen) atoms. The Morgan fingerprint density at radius 3 is 2.71 bits per heavy atom. The highest BCUT2D eigenvalue weighted by Gasteiger charge is 2.21. The number of nitrogens with one attached hydrogen (secondary N) is 1. The third kappa shape index (κ3) is 4.12. The number of methoxy groups -OCH3 is 1. The highest BCUT2D eigenvalue weighted by molar-refractivity contribution is 9.10. The predicted molar refractivity (Wildman–Crippen MR) is 130 cm³/mol. The Labute approximate surface area is 206 Å². The fourth-order valence-corrected chi connectivity index (χ4v) is 4.06. The summed E-state index contributed by atoms with van der Waals surface area (Å²) in [5.74, 6) is -2.09. The van der Waals surface area contributed by atoms with Gasteiger partial charge in [-0.15, -0.1) is 0 Å². The second-order valence-electron chi connectivity index (χ2n) is 7.59. The standard InChI is InChI=1S/C25H17BrF2N4O3/c1-34-22-11-15(35-21-4-2-3-17(27)23(21)28)6-8-20(22)32-25(29)16(12-30-32)24(33)19-10-13-9-14(26)5-7-18(13)31-19/h2-12,31H,29H2,1H3. The maximum absolute atomic E-state index is 14.0. The molecule has 0 fully saturated rings. The third-order valence-electron chi connectivity index (χ3n) is 5.40. The van der Waals surface area contributed by atoms with Crippen molar-refractivity contribution in [1.29, 1.82) is 0 Å². The van der Waals surface area contributed by atoms with Gasteiger partial charge in [-0.3, -0.25) is 4.79 Å². The van der Waals surface area contributed by atoms with Crippen molar-refractivity contribution < 1.29 is 23.0 Å². The van der Waals surface area contributed by atoms with Gasteiger partial charge in [-0.2, -0.15) is 9.49 Å². The van der Waals surface area contributed by atoms with E-state index in [0.29, 0.717) is 17.1 Å². The van der Waals surface area contributed by atoms with Crippen LogP contribution in [0.5, 0.6) is 17.2 Å². The minimum Gasteiger partial charge on any atom is -0.494 e. The molecular formula is C25H17BrF2N4O3. The second kappa shape index (κ2) is 8.88. The number of hydrogen-bond donors (Lipinski definition) is 2. The van der Waals surface area contributed by atoms with Crippen LogP contribution >= 0.6 is 15.9 Å². The van der Waals surface area contributed by atoms with Gasteiger partial charge in [0.05, 0.1) is 24.6 Å². The molecule has 0 saturated carbocycles. The van der Waals surface area contributed by atoms with Crippen molar-refractivity contribution in [3.63, 3.8) is 0 Å². The molecule has 7 nitrogen and oxygen atoms in total. The molecule has 0 aliphatic heterocycles.